The van der Waals surface area contributed by atoms with Crippen LogP contribution in [0, 0.1) is 0 Å². The molecule has 4 N–H and O–H groups in total. The predicted molar refractivity (Wildman–Crippen MR) is 112 cm³/mol. The number of nitrogens with two attached hydrogens (primary N) is 2. The van der Waals surface area contributed by atoms with Gasteiger partial charge in [0.2, 0.25) is 0 Å². The van der Waals surface area contributed by atoms with Gasteiger partial charge >= 0.3 is 24.8 Å². The van der Waals surface area contributed by atoms with Crippen molar-refractivity contribution in [1.29, 1.82) is 0 Å². The zero-order valence-electron chi connectivity index (χ0n) is 15.0. The van der Waals surface area contributed by atoms with Gasteiger partial charge < -0.3 is 11.5 Å². The molecule has 131 valence electrons. The first-order valence-electron chi connectivity index (χ1n) is 7.88. The molecule has 0 heterocycles. The van der Waals surface area contributed by atoms with E-state index in [0.717, 1.165) is 28.7 Å². The van der Waals surface area contributed by atoms with Crippen LogP contribution >= 0.6 is 28.7 Å². The van der Waals surface area contributed by atoms with Gasteiger partial charge in [0.25, 0.3) is 0 Å². The molecule has 0 saturated carbocycles. The molecule has 0 unspecified atom stereocenters. The first-order valence-corrected chi connectivity index (χ1v) is 8.37. The molecule has 0 bridgehead atoms. The van der Waals surface area contributed by atoms with Crippen LogP contribution in [0.15, 0.2) is 51.2 Å². The number of anilines is 2. The Bertz CT molecular complexity index is 589. The van der Waals surface area contributed by atoms with Crippen LogP contribution in [0.4, 0.5) is 15.8 Å². The summed E-state index contributed by atoms with van der Waals surface area (Å²) in [5.74, 6) is 0. The number of hydrogen-bond donors (Lipinski definition) is 3. The third kappa shape index (κ3) is 12.1. The molecule has 2 aromatic rings. The fourth-order valence-corrected chi connectivity index (χ4v) is 1.97. The molecular formula is C17H25BBrFN3S. The zero-order valence-corrected chi connectivity index (χ0v) is 16.5. The molecule has 0 atom stereocenters. The van der Waals surface area contributed by atoms with Gasteiger partial charge in [-0.3, -0.25) is 4.39 Å². The summed E-state index contributed by atoms with van der Waals surface area (Å²) in [6, 6.07) is 14.0. The van der Waals surface area contributed by atoms with Gasteiger partial charge in [-0.25, -0.2) is 0 Å². The van der Waals surface area contributed by atoms with E-state index in [9.17, 15) is 4.39 Å². The maximum atomic E-state index is 9.96. The van der Waals surface area contributed by atoms with Gasteiger partial charge in [-0.05, 0) is 64.2 Å². The third-order valence-electron chi connectivity index (χ3n) is 2.86. The SMILES string of the molecule is CCc1ccc(N)c(Br)c1.CCc1ccc(N)cc1.[2H]CF.[B]=NS. The second-order valence-electron chi connectivity index (χ2n) is 4.42. The van der Waals surface area contributed by atoms with Crippen molar-refractivity contribution in [3.8, 4) is 0 Å². The van der Waals surface area contributed by atoms with Crippen LogP contribution in [0.1, 0.15) is 26.3 Å². The fraction of sp³-hybridized carbons (Fsp3) is 0.294. The van der Waals surface area contributed by atoms with Crippen LogP contribution < -0.4 is 11.5 Å². The first kappa shape index (κ1) is 22.7. The summed E-state index contributed by atoms with van der Waals surface area (Å²) in [5.41, 5.74) is 15.4. The van der Waals surface area contributed by atoms with Crippen LogP contribution in [0.3, 0.4) is 0 Å². The van der Waals surface area contributed by atoms with Crippen molar-refractivity contribution in [2.24, 2.45) is 4.30 Å². The number of nitrogen functional groups attached to an aromatic ring is 2. The van der Waals surface area contributed by atoms with Crippen LogP contribution in [-0.4, -0.2) is 14.8 Å². The molecule has 0 aliphatic heterocycles. The molecule has 2 rings (SSSR count). The molecule has 0 fully saturated rings. The number of nitrogens with zero attached hydrogens (tertiary/aromatic N) is 1. The van der Waals surface area contributed by atoms with Crippen molar-refractivity contribution in [2.45, 2.75) is 26.7 Å². The molecular weight excluding hydrogens is 388 g/mol. The molecule has 0 spiro atoms. The van der Waals surface area contributed by atoms with Crippen LogP contribution in [0.2, 0.25) is 0 Å². The van der Waals surface area contributed by atoms with Gasteiger partial charge in [-0.2, -0.15) is 0 Å². The summed E-state index contributed by atoms with van der Waals surface area (Å²) in [6.07, 6.45) is 2.14. The van der Waals surface area contributed by atoms with E-state index in [-0.39, 0.29) is 0 Å². The van der Waals surface area contributed by atoms with Crippen molar-refractivity contribution in [1.82, 2.24) is 0 Å². The van der Waals surface area contributed by atoms with Crippen LogP contribution in [0.25, 0.3) is 0 Å². The van der Waals surface area contributed by atoms with Gasteiger partial charge in [0.05, 0.1) is 8.52 Å². The summed E-state index contributed by atoms with van der Waals surface area (Å²) in [5, 5.41) is 0. The molecule has 0 saturated heterocycles. The summed E-state index contributed by atoms with van der Waals surface area (Å²) >= 11 is 6.55. The summed E-state index contributed by atoms with van der Waals surface area (Å²) in [7, 11) is 3.34. The summed E-state index contributed by atoms with van der Waals surface area (Å²) in [6.45, 7) is 4.25. The quantitative estimate of drug-likeness (QED) is 0.360. The van der Waals surface area contributed by atoms with Crippen LogP contribution in [-0.2, 0) is 12.8 Å². The Hall–Kier alpha value is -1.34. The Balaban J connectivity index is 0. The Morgan fingerprint density at radius 2 is 1.54 bits per heavy atom. The Morgan fingerprint density at radius 1 is 1.12 bits per heavy atom. The molecule has 0 amide bonds. The molecule has 0 aliphatic rings. The second kappa shape index (κ2) is 16.5. The van der Waals surface area contributed by atoms with Gasteiger partial charge in [0.15, 0.2) is 0 Å². The topological polar surface area (TPSA) is 64.4 Å². The standard InChI is InChI=1S/C8H10BrN.C8H11N.CH3F.BHNS/c1-2-6-3-4-8(10)7(9)5-6;1-2-7-3-5-8(9)6-4-7;1-2;1-2-3/h3-5H,2,10H2,1H3;3-6H,2,9H2,1H3;1H3;3H/i;;1D;. The fourth-order valence-electron chi connectivity index (χ4n) is 1.54. The number of aryl methyl sites for hydroxylation is 2. The molecule has 1 radical (unpaired) electrons. The van der Waals surface area contributed by atoms with Crippen molar-refractivity contribution >= 4 is 47.8 Å². The van der Waals surface area contributed by atoms with E-state index in [1.54, 1.807) is 0 Å². The molecule has 0 aliphatic carbocycles. The van der Waals surface area contributed by atoms with E-state index in [0.29, 0.717) is 0 Å². The van der Waals surface area contributed by atoms with Gasteiger partial charge in [-0.1, -0.05) is 32.0 Å². The second-order valence-corrected chi connectivity index (χ2v) is 5.51. The molecule has 7 heteroatoms. The normalized spacial score (nSPS) is 8.92. The van der Waals surface area contributed by atoms with Crippen LogP contribution in [0.5, 0.6) is 0 Å². The number of rotatable bonds is 2. The Morgan fingerprint density at radius 3 is 1.92 bits per heavy atom. The monoisotopic (exact) mass is 413 g/mol. The van der Waals surface area contributed by atoms with Gasteiger partial charge in [-0.15, -0.1) is 0 Å². The van der Waals surface area contributed by atoms with Crippen molar-refractivity contribution < 1.29 is 5.76 Å². The molecule has 3 nitrogen and oxygen atoms in total. The first-order chi connectivity index (χ1) is 11.9. The predicted octanol–water partition coefficient (Wildman–Crippen LogP) is 5.19. The third-order valence-corrected chi connectivity index (χ3v) is 3.55. The van der Waals surface area contributed by atoms with Gasteiger partial charge in [0, 0.05) is 15.8 Å². The van der Waals surface area contributed by atoms with E-state index in [2.05, 4.69) is 72.7 Å². The Kier molecular flexibility index (Phi) is 15.6. The van der Waals surface area contributed by atoms with E-state index in [4.69, 9.17) is 12.8 Å². The number of halogens is 2. The van der Waals surface area contributed by atoms with Crippen molar-refractivity contribution in [3.63, 3.8) is 0 Å². The average Bonchev–Trinajstić information content (AvgIpc) is 2.60. The maximum absolute atomic E-state index is 9.96. The molecule has 0 aromatic heterocycles. The van der Waals surface area contributed by atoms with E-state index in [1.807, 2.05) is 24.3 Å². The molecule has 24 heavy (non-hydrogen) atoms. The van der Waals surface area contributed by atoms with Gasteiger partial charge in [0.1, 0.15) is 0 Å². The summed E-state index contributed by atoms with van der Waals surface area (Å²) in [4.78, 5) is 0. The number of hydrogen-bond acceptors (Lipinski definition) is 4. The minimum atomic E-state index is -1.00. The minimum absolute atomic E-state index is 0.803. The number of alkyl halides is 1. The zero-order chi connectivity index (χ0) is 19.7. The average molecular weight is 414 g/mol. The number of benzene rings is 2. The van der Waals surface area contributed by atoms with E-state index >= 15 is 0 Å². The number of thiol groups is 1. The van der Waals surface area contributed by atoms with Crippen molar-refractivity contribution in [2.75, 3.05) is 18.6 Å². The van der Waals surface area contributed by atoms with Crippen molar-refractivity contribution in [3.05, 3.63) is 58.1 Å². The van der Waals surface area contributed by atoms with E-state index in [1.165, 1.54) is 11.1 Å². The Labute approximate surface area is 161 Å². The summed E-state index contributed by atoms with van der Waals surface area (Å²) < 4.78 is 19.2. The molecule has 2 aromatic carbocycles. The van der Waals surface area contributed by atoms with E-state index < -0.39 is 7.15 Å².